The molecule has 0 unspecified atom stereocenters. The van der Waals surface area contributed by atoms with Gasteiger partial charge < -0.3 is 4.74 Å². The van der Waals surface area contributed by atoms with Gasteiger partial charge in [-0.3, -0.25) is 9.59 Å². The Morgan fingerprint density at radius 3 is 2.29 bits per heavy atom. The van der Waals surface area contributed by atoms with Crippen LogP contribution in [0.25, 0.3) is 0 Å². The highest BCUT2D eigenvalue weighted by molar-refractivity contribution is 6.24. The molecule has 2 amide bonds. The Bertz CT molecular complexity index is 942. The molecule has 6 heteroatoms. The van der Waals surface area contributed by atoms with Crippen LogP contribution in [0.3, 0.4) is 0 Å². The van der Waals surface area contributed by atoms with Crippen LogP contribution in [0.4, 0.5) is 5.69 Å². The highest BCUT2D eigenvalue weighted by Crippen LogP contribution is 2.50. The molecule has 3 fully saturated rings. The summed E-state index contributed by atoms with van der Waals surface area (Å²) in [6.45, 7) is 3.64. The molecule has 0 radical (unpaired) electrons. The van der Waals surface area contributed by atoms with Gasteiger partial charge in [0.15, 0.2) is 0 Å². The van der Waals surface area contributed by atoms with Gasteiger partial charge in [0.1, 0.15) is 11.8 Å². The molecule has 2 aromatic carbocycles. The number of anilines is 1. The molecule has 144 valence electrons. The van der Waals surface area contributed by atoms with E-state index in [4.69, 9.17) is 4.74 Å². The van der Waals surface area contributed by atoms with E-state index in [0.717, 1.165) is 36.4 Å². The molecular weight excluding hydrogens is 354 g/mol. The molecule has 0 spiro atoms. The van der Waals surface area contributed by atoms with Gasteiger partial charge in [-0.05, 0) is 31.5 Å². The lowest BCUT2D eigenvalue weighted by Crippen LogP contribution is -2.44. The van der Waals surface area contributed by atoms with E-state index < -0.39 is 12.0 Å². The van der Waals surface area contributed by atoms with E-state index in [0.29, 0.717) is 5.69 Å². The number of hydrogen-bond donors (Lipinski definition) is 0. The fourth-order valence-corrected chi connectivity index (χ4v) is 4.95. The van der Waals surface area contributed by atoms with E-state index >= 15 is 0 Å². The fourth-order valence-electron chi connectivity index (χ4n) is 4.95. The number of para-hydroxylation sites is 1. The Hall–Kier alpha value is -2.70. The monoisotopic (exact) mass is 377 g/mol. The lowest BCUT2D eigenvalue weighted by Gasteiger charge is -2.30. The number of imide groups is 1. The third kappa shape index (κ3) is 2.34. The van der Waals surface area contributed by atoms with Crippen LogP contribution in [0.5, 0.6) is 5.75 Å². The van der Waals surface area contributed by atoms with E-state index in [9.17, 15) is 9.59 Å². The topological polar surface area (TPSA) is 53.1 Å². The quantitative estimate of drug-likeness (QED) is 0.770. The van der Waals surface area contributed by atoms with Crippen LogP contribution in [0.2, 0.25) is 0 Å². The second kappa shape index (κ2) is 6.43. The van der Waals surface area contributed by atoms with E-state index in [1.54, 1.807) is 7.11 Å². The van der Waals surface area contributed by atoms with Crippen LogP contribution >= 0.6 is 0 Å². The smallest absolute Gasteiger partial charge is 0.253 e. The van der Waals surface area contributed by atoms with Crippen molar-refractivity contribution in [2.75, 3.05) is 25.1 Å². The Morgan fingerprint density at radius 2 is 1.57 bits per heavy atom. The molecule has 0 aliphatic carbocycles. The number of rotatable bonds is 3. The van der Waals surface area contributed by atoms with Crippen molar-refractivity contribution in [1.82, 2.24) is 10.0 Å². The minimum atomic E-state index is -0.439. The van der Waals surface area contributed by atoms with Crippen LogP contribution < -0.4 is 9.64 Å². The van der Waals surface area contributed by atoms with Gasteiger partial charge in [0.2, 0.25) is 5.91 Å². The van der Waals surface area contributed by atoms with Crippen LogP contribution in [0.15, 0.2) is 48.5 Å². The van der Waals surface area contributed by atoms with E-state index in [1.807, 2.05) is 55.5 Å². The number of aryl methyl sites for hydroxylation is 1. The number of amides is 2. The zero-order valence-corrected chi connectivity index (χ0v) is 16.0. The number of ether oxygens (including phenoxy) is 1. The standard InChI is InChI=1S/C22H23N3O3/c1-14-8-10-15(11-9-14)25-21(26)18-19(16-6-3-4-7-17(16)28-2)23-12-5-13-24(23)20(18)22(25)27/h3-4,6-11,18-20H,5,12-13H2,1-2H3/t18-,19+,20+/m0/s1. The average molecular weight is 377 g/mol. The maximum Gasteiger partial charge on any atom is 0.253 e. The predicted octanol–water partition coefficient (Wildman–Crippen LogP) is 2.54. The number of hydrogen-bond acceptors (Lipinski definition) is 5. The molecule has 28 heavy (non-hydrogen) atoms. The fraction of sp³-hybridized carbons (Fsp3) is 0.364. The normalized spacial score (nSPS) is 27.4. The van der Waals surface area contributed by atoms with Gasteiger partial charge in [-0.2, -0.15) is 0 Å². The van der Waals surface area contributed by atoms with Crippen molar-refractivity contribution in [2.24, 2.45) is 5.92 Å². The zero-order valence-electron chi connectivity index (χ0n) is 16.0. The summed E-state index contributed by atoms with van der Waals surface area (Å²) in [7, 11) is 1.65. The SMILES string of the molecule is COc1ccccc1[C@@H]1[C@@H]2C(=O)N(c3ccc(C)cc3)C(=O)[C@@H]2N2CCCN12. The molecule has 3 aliphatic heterocycles. The molecule has 0 saturated carbocycles. The number of hydrazine groups is 1. The third-order valence-electron chi connectivity index (χ3n) is 6.16. The highest BCUT2D eigenvalue weighted by atomic mass is 16.5. The number of carbonyl (C=O) groups is 2. The van der Waals surface area contributed by atoms with Gasteiger partial charge in [-0.15, -0.1) is 0 Å². The number of methoxy groups -OCH3 is 1. The molecule has 2 aromatic rings. The molecule has 0 aromatic heterocycles. The molecule has 0 bridgehead atoms. The molecule has 3 saturated heterocycles. The molecular formula is C22H23N3O3. The van der Waals surface area contributed by atoms with Gasteiger partial charge in [0, 0.05) is 18.7 Å². The molecule has 0 N–H and O–H groups in total. The summed E-state index contributed by atoms with van der Waals surface area (Å²) in [5.74, 6) is 0.0896. The Labute approximate surface area is 164 Å². The summed E-state index contributed by atoms with van der Waals surface area (Å²) in [6, 6.07) is 14.8. The van der Waals surface area contributed by atoms with Gasteiger partial charge in [-0.1, -0.05) is 35.9 Å². The van der Waals surface area contributed by atoms with Crippen molar-refractivity contribution in [1.29, 1.82) is 0 Å². The highest BCUT2D eigenvalue weighted by Gasteiger charge is 2.63. The second-order valence-corrected chi connectivity index (χ2v) is 7.68. The summed E-state index contributed by atoms with van der Waals surface area (Å²) < 4.78 is 5.59. The second-order valence-electron chi connectivity index (χ2n) is 7.68. The van der Waals surface area contributed by atoms with E-state index in [-0.39, 0.29) is 17.9 Å². The summed E-state index contributed by atoms with van der Waals surface area (Å²) in [4.78, 5) is 28.3. The first kappa shape index (κ1) is 17.4. The van der Waals surface area contributed by atoms with Crippen molar-refractivity contribution in [3.8, 4) is 5.75 Å². The zero-order chi connectivity index (χ0) is 19.4. The lowest BCUT2D eigenvalue weighted by atomic mass is 9.89. The van der Waals surface area contributed by atoms with Crippen LogP contribution in [0.1, 0.15) is 23.6 Å². The molecule has 3 atom stereocenters. The van der Waals surface area contributed by atoms with E-state index in [1.165, 1.54) is 4.90 Å². The first-order valence-electron chi connectivity index (χ1n) is 9.72. The minimum Gasteiger partial charge on any atom is -0.496 e. The molecule has 3 heterocycles. The van der Waals surface area contributed by atoms with Crippen LogP contribution in [0, 0.1) is 12.8 Å². The average Bonchev–Trinajstić information content (AvgIpc) is 3.35. The van der Waals surface area contributed by atoms with Gasteiger partial charge >= 0.3 is 0 Å². The molecule has 6 nitrogen and oxygen atoms in total. The largest absolute Gasteiger partial charge is 0.496 e. The van der Waals surface area contributed by atoms with Crippen molar-refractivity contribution in [3.05, 3.63) is 59.7 Å². The predicted molar refractivity (Wildman–Crippen MR) is 105 cm³/mol. The first-order chi connectivity index (χ1) is 13.6. The first-order valence-corrected chi connectivity index (χ1v) is 9.72. The number of fused-ring (bicyclic) bond motifs is 3. The Morgan fingerprint density at radius 1 is 0.893 bits per heavy atom. The Kier molecular flexibility index (Phi) is 4.00. The summed E-state index contributed by atoms with van der Waals surface area (Å²) in [5, 5.41) is 4.31. The maximum atomic E-state index is 13.5. The van der Waals surface area contributed by atoms with Crippen molar-refractivity contribution < 1.29 is 14.3 Å². The molecule has 5 rings (SSSR count). The Balaban J connectivity index is 1.60. The van der Waals surface area contributed by atoms with Crippen molar-refractivity contribution in [3.63, 3.8) is 0 Å². The number of nitrogens with zero attached hydrogens (tertiary/aromatic N) is 3. The summed E-state index contributed by atoms with van der Waals surface area (Å²) in [6.07, 6.45) is 0.987. The van der Waals surface area contributed by atoms with E-state index in [2.05, 4.69) is 10.0 Å². The number of carbonyl (C=O) groups excluding carboxylic acids is 2. The molecule has 3 aliphatic rings. The summed E-state index contributed by atoms with van der Waals surface area (Å²) >= 11 is 0. The van der Waals surface area contributed by atoms with Gasteiger partial charge in [-0.25, -0.2) is 14.9 Å². The van der Waals surface area contributed by atoms with Gasteiger partial charge in [0.25, 0.3) is 5.91 Å². The van der Waals surface area contributed by atoms with Gasteiger partial charge in [0.05, 0.1) is 24.8 Å². The van der Waals surface area contributed by atoms with Crippen molar-refractivity contribution in [2.45, 2.75) is 25.4 Å². The lowest BCUT2D eigenvalue weighted by molar-refractivity contribution is -0.126. The number of benzene rings is 2. The van der Waals surface area contributed by atoms with Crippen molar-refractivity contribution >= 4 is 17.5 Å². The minimum absolute atomic E-state index is 0.121. The summed E-state index contributed by atoms with van der Waals surface area (Å²) in [5.41, 5.74) is 2.72. The van der Waals surface area contributed by atoms with Crippen LogP contribution in [-0.2, 0) is 9.59 Å². The van der Waals surface area contributed by atoms with Crippen LogP contribution in [-0.4, -0.2) is 48.1 Å². The third-order valence-corrected chi connectivity index (χ3v) is 6.16. The maximum absolute atomic E-state index is 13.5.